The maximum Gasteiger partial charge on any atom is 0.350 e. The first-order valence-electron chi connectivity index (χ1n) is 32.3. The summed E-state index contributed by atoms with van der Waals surface area (Å²) >= 11 is 6.11. The van der Waals surface area contributed by atoms with Crippen molar-refractivity contribution >= 4 is 81.5 Å². The number of aliphatic hydroxyl groups excluding tert-OH is 1. The van der Waals surface area contributed by atoms with E-state index in [0.717, 1.165) is 10.9 Å². The number of Topliss-reactive ketones (excluding diaryl/α,β-unsaturated/α-hetero) is 1. The Kier molecular flexibility index (Phi) is 19.5. The summed E-state index contributed by atoms with van der Waals surface area (Å²) in [7, 11) is 0. The minimum absolute atomic E-state index is 0.0218. The number of rotatable bonds is 19. The molecular formula is C76H77ClN4O16. The van der Waals surface area contributed by atoms with E-state index in [2.05, 4.69) is 16.0 Å². The number of ether oxygens (including phenoxy) is 5. The number of benzene rings is 6. The second kappa shape index (κ2) is 27.5. The van der Waals surface area contributed by atoms with E-state index < -0.39 is 131 Å². The normalized spacial score (nSPS) is 24.5. The Labute approximate surface area is 566 Å². The van der Waals surface area contributed by atoms with Crippen LogP contribution in [0.15, 0.2) is 169 Å². The van der Waals surface area contributed by atoms with Crippen molar-refractivity contribution in [2.45, 2.75) is 142 Å². The number of hydrogen-bond acceptors (Lipinski definition) is 16. The number of fused-ring (bicyclic) bond motifs is 6. The monoisotopic (exact) mass is 1340 g/mol. The Morgan fingerprint density at radius 3 is 2.03 bits per heavy atom. The van der Waals surface area contributed by atoms with E-state index in [9.17, 15) is 43.8 Å². The van der Waals surface area contributed by atoms with Gasteiger partial charge >= 0.3 is 23.9 Å². The van der Waals surface area contributed by atoms with Gasteiger partial charge in [0.25, 0.3) is 11.8 Å². The van der Waals surface area contributed by atoms with Crippen LogP contribution < -0.4 is 16.0 Å². The van der Waals surface area contributed by atoms with Crippen LogP contribution in [-0.4, -0.2) is 116 Å². The van der Waals surface area contributed by atoms with Gasteiger partial charge in [-0.05, 0) is 128 Å². The first-order valence-corrected chi connectivity index (χ1v) is 32.6. The van der Waals surface area contributed by atoms with E-state index in [-0.39, 0.29) is 48.9 Å². The topological polar surface area (TPSA) is 281 Å². The maximum atomic E-state index is 15.7. The molecule has 2 saturated carbocycles. The quantitative estimate of drug-likeness (QED) is 0.0286. The van der Waals surface area contributed by atoms with Gasteiger partial charge in [-0.2, -0.15) is 0 Å². The number of carbonyl (C=O) groups excluding carboxylic acids is 9. The minimum atomic E-state index is -2.34. The molecular weight excluding hydrogens is 1260 g/mol. The van der Waals surface area contributed by atoms with E-state index in [4.69, 9.17) is 35.3 Å². The molecule has 4 aliphatic rings. The highest BCUT2D eigenvalue weighted by atomic mass is 35.5. The molecule has 3 amide bonds. The molecule has 3 fully saturated rings. The second-order valence-corrected chi connectivity index (χ2v) is 26.9. The van der Waals surface area contributed by atoms with Crippen LogP contribution in [0.3, 0.4) is 0 Å². The third-order valence-corrected chi connectivity index (χ3v) is 20.4. The molecule has 7 aromatic rings. The summed E-state index contributed by atoms with van der Waals surface area (Å²) in [5, 5.41) is 36.2. The Bertz CT molecular complexity index is 4270. The number of aliphatic hydroxyl groups is 2. The van der Waals surface area contributed by atoms with Gasteiger partial charge in [-0.3, -0.25) is 38.1 Å². The summed E-state index contributed by atoms with van der Waals surface area (Å²) in [4.78, 5) is 129. The van der Waals surface area contributed by atoms with Crippen molar-refractivity contribution in [1.82, 2.24) is 15.2 Å². The van der Waals surface area contributed by atoms with Gasteiger partial charge in [-0.1, -0.05) is 123 Å². The van der Waals surface area contributed by atoms with Gasteiger partial charge in [0.05, 0.1) is 48.0 Å². The molecule has 0 radical (unpaired) electrons. The lowest BCUT2D eigenvalue weighted by Crippen LogP contribution is -2.81. The van der Waals surface area contributed by atoms with Gasteiger partial charge in [-0.15, -0.1) is 0 Å². The first-order chi connectivity index (χ1) is 46.2. The molecule has 0 unspecified atom stereocenters. The summed E-state index contributed by atoms with van der Waals surface area (Å²) < 4.78 is 32.9. The SMILES string of the molecule is CC(=O)O[C@@]12CO[C@@H]1C[C@H](O)[C@@]1(C)C(=O)[C@H](C)C3=C(C)[C@@H](OC(=O)[C@H](OC(=O)CCC(=O)NCc4ccc(NC(=O)Cc5c(C)n(C(=O)c6ccc(Cl)cc6)c6ccc(C)cc56)cc4)[C@@H](NC(=O)c4ccccc4)c4ccccc4)C[C@@](O)([C@@H](OC(=O)c4ccccc4)[C@H]21)C3(C)C. The number of aryl methyl sites for hydroxylation is 1. The Morgan fingerprint density at radius 1 is 0.763 bits per heavy atom. The second-order valence-electron chi connectivity index (χ2n) is 26.5. The van der Waals surface area contributed by atoms with E-state index in [1.165, 1.54) is 26.0 Å². The average molecular weight is 1340 g/mol. The van der Waals surface area contributed by atoms with Gasteiger partial charge < -0.3 is 49.8 Å². The van der Waals surface area contributed by atoms with Gasteiger partial charge in [-0.25, -0.2) is 9.59 Å². The highest BCUT2D eigenvalue weighted by Gasteiger charge is 2.77. The van der Waals surface area contributed by atoms with E-state index in [0.29, 0.717) is 55.3 Å². The maximum absolute atomic E-state index is 15.7. The van der Waals surface area contributed by atoms with Crippen molar-refractivity contribution in [3.05, 3.63) is 219 Å². The zero-order valence-corrected chi connectivity index (χ0v) is 55.8. The molecule has 6 aromatic carbocycles. The van der Waals surface area contributed by atoms with Crippen LogP contribution >= 0.6 is 11.6 Å². The first kappa shape index (κ1) is 68.8. The highest BCUT2D eigenvalue weighted by Crippen LogP contribution is 2.65. The van der Waals surface area contributed by atoms with E-state index in [1.807, 2.05) is 25.1 Å². The number of aromatic nitrogens is 1. The molecule has 11 atom stereocenters. The summed E-state index contributed by atoms with van der Waals surface area (Å²) in [6.07, 6.45) is -9.39. The predicted octanol–water partition coefficient (Wildman–Crippen LogP) is 10.2. The zero-order chi connectivity index (χ0) is 69.5. The van der Waals surface area contributed by atoms with Crippen LogP contribution in [0.2, 0.25) is 5.02 Å². The van der Waals surface area contributed by atoms with Crippen LogP contribution in [0, 0.1) is 36.5 Å². The minimum Gasteiger partial charge on any atom is -0.455 e. The number of ketones is 1. The third-order valence-electron chi connectivity index (χ3n) is 20.2. The highest BCUT2D eigenvalue weighted by molar-refractivity contribution is 6.30. The van der Waals surface area contributed by atoms with Gasteiger partial charge in [0.15, 0.2) is 5.60 Å². The molecule has 1 saturated heterocycles. The van der Waals surface area contributed by atoms with Crippen molar-refractivity contribution in [2.24, 2.45) is 22.7 Å². The van der Waals surface area contributed by atoms with E-state index >= 15 is 9.59 Å². The number of halogens is 1. The van der Waals surface area contributed by atoms with Crippen molar-refractivity contribution in [1.29, 1.82) is 0 Å². The van der Waals surface area contributed by atoms with Gasteiger partial charge in [0, 0.05) is 77.0 Å². The number of nitrogens with zero attached hydrogens (tertiary/aromatic N) is 1. The molecule has 2 heterocycles. The fourth-order valence-corrected chi connectivity index (χ4v) is 15.2. The Balaban J connectivity index is 0.834. The lowest BCUT2D eigenvalue weighted by Gasteiger charge is -2.67. The van der Waals surface area contributed by atoms with Crippen molar-refractivity contribution in [2.75, 3.05) is 11.9 Å². The van der Waals surface area contributed by atoms with Crippen LogP contribution in [0.25, 0.3) is 10.9 Å². The van der Waals surface area contributed by atoms with Crippen molar-refractivity contribution < 1.29 is 77.0 Å². The smallest absolute Gasteiger partial charge is 0.350 e. The number of amides is 3. The lowest BCUT2D eigenvalue weighted by atomic mass is 9.43. The molecule has 2 bridgehead atoms. The Morgan fingerprint density at radius 2 is 1.40 bits per heavy atom. The van der Waals surface area contributed by atoms with Crippen molar-refractivity contribution in [3.8, 4) is 0 Å². The largest absolute Gasteiger partial charge is 0.455 e. The molecule has 3 aliphatic carbocycles. The molecule has 97 heavy (non-hydrogen) atoms. The van der Waals surface area contributed by atoms with Gasteiger partial charge in [0.2, 0.25) is 17.9 Å². The zero-order valence-electron chi connectivity index (χ0n) is 55.0. The molecule has 504 valence electrons. The lowest BCUT2D eigenvalue weighted by molar-refractivity contribution is -0.345. The van der Waals surface area contributed by atoms with Crippen molar-refractivity contribution in [3.63, 3.8) is 0 Å². The molecule has 0 spiro atoms. The number of carbonyl (C=O) groups is 9. The number of anilines is 1. The Hall–Kier alpha value is -9.60. The third kappa shape index (κ3) is 13.1. The average Bonchev–Trinajstić information content (AvgIpc) is 1.11. The summed E-state index contributed by atoms with van der Waals surface area (Å²) in [5.41, 5.74) is -1.74. The molecule has 1 aromatic heterocycles. The number of esters is 4. The standard InChI is InChI=1S/C76H77ClN4O16/c1-42-24-33-56-55(36-42)54(45(4)81(56)70(89)50-27-29-52(77)30-28-50)37-61(85)79-53-31-25-47(26-32-53)40-78-60(84)34-35-62(86)95-65(64(48-18-12-9-13-19-48)80-69(88)49-20-14-10-15-21-49)72(91)94-57-39-76(92)68(96-71(90)51-22-16-11-17-23-51)66-74(8,67(87)44(3)63(43(57)2)73(76,6)7)58(83)38-59-75(66,41-93-59)97-46(5)82/h9-33,36,44,57-59,64-66,68,83,92H,34-35,37-41H2,1-8H3,(H,78,84)(H,79,85)(H,80,88)/t44-,57+,58+,59-,64+,65-,66+,68+,74-,75+,76-/m1/s1. The fourth-order valence-electron chi connectivity index (χ4n) is 15.1. The molecule has 1 aliphatic heterocycles. The molecule has 11 rings (SSSR count). The number of nitrogens with one attached hydrogen (secondary N) is 3. The van der Waals surface area contributed by atoms with Gasteiger partial charge in [0.1, 0.15) is 35.7 Å². The fraction of sp³-hybridized carbons (Fsp3) is 0.355. The molecule has 5 N–H and O–H groups in total. The summed E-state index contributed by atoms with van der Waals surface area (Å²) in [6, 6.07) is 41.9. The molecule has 20 nitrogen and oxygen atoms in total. The summed E-state index contributed by atoms with van der Waals surface area (Å²) in [5.74, 6) is -8.85. The van der Waals surface area contributed by atoms with Crippen LogP contribution in [0.4, 0.5) is 5.69 Å². The molecule has 21 heteroatoms. The number of hydrogen-bond donors (Lipinski definition) is 5. The summed E-state index contributed by atoms with van der Waals surface area (Å²) in [6.45, 7) is 12.8. The predicted molar refractivity (Wildman–Crippen MR) is 358 cm³/mol. The van der Waals surface area contributed by atoms with Crippen LogP contribution in [0.1, 0.15) is 132 Å². The van der Waals surface area contributed by atoms with Crippen LogP contribution in [-0.2, 0) is 65.4 Å². The van der Waals surface area contributed by atoms with Crippen LogP contribution in [0.5, 0.6) is 0 Å². The van der Waals surface area contributed by atoms with E-state index in [1.54, 1.807) is 167 Å².